The van der Waals surface area contributed by atoms with Crippen LogP contribution in [0.1, 0.15) is 18.5 Å². The molecule has 0 saturated heterocycles. The van der Waals surface area contributed by atoms with Crippen molar-refractivity contribution in [3.05, 3.63) is 23.8 Å². The molecule has 0 aliphatic carbocycles. The highest BCUT2D eigenvalue weighted by atomic mass is 16.2. The van der Waals surface area contributed by atoms with Gasteiger partial charge in [-0.25, -0.2) is 4.98 Å². The summed E-state index contributed by atoms with van der Waals surface area (Å²) >= 11 is 0. The summed E-state index contributed by atoms with van der Waals surface area (Å²) in [6.45, 7) is 3.83. The number of rotatable bonds is 2. The molecule has 1 amide bonds. The summed E-state index contributed by atoms with van der Waals surface area (Å²) in [6.07, 6.45) is 0. The van der Waals surface area contributed by atoms with Crippen LogP contribution in [-0.4, -0.2) is 34.5 Å². The molecule has 0 bridgehead atoms. The maximum atomic E-state index is 12.1. The van der Waals surface area contributed by atoms with Crippen LogP contribution >= 0.6 is 0 Å². The van der Waals surface area contributed by atoms with Gasteiger partial charge in [-0.1, -0.05) is 12.1 Å². The number of anilines is 1. The SMILES string of the molecule is Cc1cccc2nc(N)n(C(C)C(=O)N(C)C)c12. The number of aryl methyl sites for hydroxylation is 1. The van der Waals surface area contributed by atoms with E-state index in [2.05, 4.69) is 4.98 Å². The predicted octanol–water partition coefficient (Wildman–Crippen LogP) is 1.58. The first-order valence-electron chi connectivity index (χ1n) is 5.87. The zero-order valence-corrected chi connectivity index (χ0v) is 11.1. The first-order chi connectivity index (χ1) is 8.43. The zero-order chi connectivity index (χ0) is 13.4. The van der Waals surface area contributed by atoms with Crippen molar-refractivity contribution in [1.29, 1.82) is 0 Å². The highest BCUT2D eigenvalue weighted by Gasteiger charge is 2.22. The predicted molar refractivity (Wildman–Crippen MR) is 72.3 cm³/mol. The van der Waals surface area contributed by atoms with Crippen LogP contribution < -0.4 is 5.73 Å². The van der Waals surface area contributed by atoms with Gasteiger partial charge in [-0.15, -0.1) is 0 Å². The lowest BCUT2D eigenvalue weighted by atomic mass is 10.2. The van der Waals surface area contributed by atoms with Crippen LogP contribution in [0.5, 0.6) is 0 Å². The Morgan fingerprint density at radius 3 is 2.72 bits per heavy atom. The molecule has 2 aromatic rings. The summed E-state index contributed by atoms with van der Waals surface area (Å²) < 4.78 is 1.80. The normalized spacial score (nSPS) is 12.7. The highest BCUT2D eigenvalue weighted by Crippen LogP contribution is 2.26. The van der Waals surface area contributed by atoms with Crippen LogP contribution in [0.2, 0.25) is 0 Å². The molecule has 0 spiro atoms. The van der Waals surface area contributed by atoms with Gasteiger partial charge in [0.25, 0.3) is 0 Å². The Bertz CT molecular complexity index is 600. The number of likely N-dealkylation sites (N-methyl/N-ethyl adjacent to an activating group) is 1. The number of hydrogen-bond acceptors (Lipinski definition) is 3. The van der Waals surface area contributed by atoms with E-state index in [-0.39, 0.29) is 11.9 Å². The van der Waals surface area contributed by atoms with Crippen molar-refractivity contribution in [2.24, 2.45) is 0 Å². The van der Waals surface area contributed by atoms with Crippen LogP contribution in [0.3, 0.4) is 0 Å². The van der Waals surface area contributed by atoms with E-state index in [0.717, 1.165) is 16.6 Å². The number of nitrogen functional groups attached to an aromatic ring is 1. The Balaban J connectivity index is 2.63. The minimum absolute atomic E-state index is 0.00394. The first kappa shape index (κ1) is 12.4. The van der Waals surface area contributed by atoms with Gasteiger partial charge in [0, 0.05) is 14.1 Å². The summed E-state index contributed by atoms with van der Waals surface area (Å²) in [5.74, 6) is 0.381. The second kappa shape index (κ2) is 4.33. The molecular weight excluding hydrogens is 228 g/mol. The summed E-state index contributed by atoms with van der Waals surface area (Å²) in [4.78, 5) is 17.9. The number of nitrogens with zero attached hydrogens (tertiary/aromatic N) is 3. The van der Waals surface area contributed by atoms with E-state index in [1.807, 2.05) is 32.0 Å². The van der Waals surface area contributed by atoms with Crippen LogP contribution in [0.4, 0.5) is 5.95 Å². The minimum Gasteiger partial charge on any atom is -0.369 e. The Morgan fingerprint density at radius 2 is 2.11 bits per heavy atom. The highest BCUT2D eigenvalue weighted by molar-refractivity contribution is 5.86. The van der Waals surface area contributed by atoms with E-state index in [9.17, 15) is 4.79 Å². The van der Waals surface area contributed by atoms with E-state index in [1.165, 1.54) is 0 Å². The number of hydrogen-bond donors (Lipinski definition) is 1. The van der Waals surface area contributed by atoms with Crippen molar-refractivity contribution >= 4 is 22.9 Å². The minimum atomic E-state index is -0.355. The average molecular weight is 246 g/mol. The molecule has 0 radical (unpaired) electrons. The van der Waals surface area contributed by atoms with Crippen molar-refractivity contribution in [2.45, 2.75) is 19.9 Å². The van der Waals surface area contributed by atoms with Crippen LogP contribution in [0.15, 0.2) is 18.2 Å². The third-order valence-electron chi connectivity index (χ3n) is 3.12. The van der Waals surface area contributed by atoms with Gasteiger partial charge in [0.15, 0.2) is 0 Å². The van der Waals surface area contributed by atoms with Crippen molar-refractivity contribution in [1.82, 2.24) is 14.5 Å². The summed E-state index contributed by atoms with van der Waals surface area (Å²) in [6, 6.07) is 5.48. The lowest BCUT2D eigenvalue weighted by Crippen LogP contribution is -2.30. The number of para-hydroxylation sites is 1. The van der Waals surface area contributed by atoms with Gasteiger partial charge in [-0.05, 0) is 25.5 Å². The maximum absolute atomic E-state index is 12.1. The fraction of sp³-hybridized carbons (Fsp3) is 0.385. The lowest BCUT2D eigenvalue weighted by molar-refractivity contribution is -0.131. The number of carbonyl (C=O) groups excluding carboxylic acids is 1. The fourth-order valence-corrected chi connectivity index (χ4v) is 2.22. The van der Waals surface area contributed by atoms with Gasteiger partial charge in [-0.2, -0.15) is 0 Å². The second-order valence-electron chi connectivity index (χ2n) is 4.69. The second-order valence-corrected chi connectivity index (χ2v) is 4.69. The molecule has 96 valence electrons. The summed E-state index contributed by atoms with van der Waals surface area (Å²) in [5, 5.41) is 0. The van der Waals surface area contributed by atoms with Crippen molar-refractivity contribution in [3.63, 3.8) is 0 Å². The van der Waals surface area contributed by atoms with Gasteiger partial charge in [0.05, 0.1) is 11.0 Å². The fourth-order valence-electron chi connectivity index (χ4n) is 2.22. The Morgan fingerprint density at radius 1 is 1.44 bits per heavy atom. The molecule has 1 atom stereocenters. The van der Waals surface area contributed by atoms with Gasteiger partial charge in [0.1, 0.15) is 6.04 Å². The van der Waals surface area contributed by atoms with Gasteiger partial charge in [0.2, 0.25) is 11.9 Å². The third kappa shape index (κ3) is 1.81. The Labute approximate surface area is 106 Å². The number of nitrogens with two attached hydrogens (primary N) is 1. The number of carbonyl (C=O) groups is 1. The smallest absolute Gasteiger partial charge is 0.244 e. The molecule has 1 unspecified atom stereocenters. The van der Waals surface area contributed by atoms with Crippen LogP contribution in [0, 0.1) is 6.92 Å². The van der Waals surface area contributed by atoms with E-state index in [1.54, 1.807) is 23.6 Å². The molecule has 2 N–H and O–H groups in total. The molecule has 2 rings (SSSR count). The van der Waals surface area contributed by atoms with Gasteiger partial charge in [-0.3, -0.25) is 9.36 Å². The largest absolute Gasteiger partial charge is 0.369 e. The topological polar surface area (TPSA) is 64.1 Å². The number of aromatic nitrogens is 2. The van der Waals surface area contributed by atoms with Crippen molar-refractivity contribution in [2.75, 3.05) is 19.8 Å². The first-order valence-corrected chi connectivity index (χ1v) is 5.87. The third-order valence-corrected chi connectivity index (χ3v) is 3.12. The molecule has 1 heterocycles. The quantitative estimate of drug-likeness (QED) is 0.875. The lowest BCUT2D eigenvalue weighted by Gasteiger charge is -2.20. The standard InChI is InChI=1S/C13H18N4O/c1-8-6-5-7-10-11(8)17(13(14)15-10)9(2)12(18)16(3)4/h5-7,9H,1-4H3,(H2,14,15). The molecule has 0 aliphatic rings. The molecule has 5 heteroatoms. The number of fused-ring (bicyclic) bond motifs is 1. The van der Waals surface area contributed by atoms with Crippen molar-refractivity contribution < 1.29 is 4.79 Å². The van der Waals surface area contributed by atoms with E-state index < -0.39 is 0 Å². The number of benzene rings is 1. The molecular formula is C13H18N4O. The Kier molecular flexibility index (Phi) is 2.98. The summed E-state index contributed by atoms with van der Waals surface area (Å²) in [5.41, 5.74) is 8.76. The Hall–Kier alpha value is -2.04. The maximum Gasteiger partial charge on any atom is 0.244 e. The average Bonchev–Trinajstić information content (AvgIpc) is 2.64. The molecule has 0 fully saturated rings. The number of imidazole rings is 1. The molecule has 1 aromatic heterocycles. The zero-order valence-electron chi connectivity index (χ0n) is 11.1. The molecule has 0 saturated carbocycles. The van der Waals surface area contributed by atoms with Gasteiger partial charge < -0.3 is 10.6 Å². The van der Waals surface area contributed by atoms with Crippen molar-refractivity contribution in [3.8, 4) is 0 Å². The summed E-state index contributed by atoms with van der Waals surface area (Å²) in [7, 11) is 3.47. The van der Waals surface area contributed by atoms with Crippen LogP contribution in [-0.2, 0) is 4.79 Å². The van der Waals surface area contributed by atoms with E-state index in [0.29, 0.717) is 5.95 Å². The molecule has 18 heavy (non-hydrogen) atoms. The van der Waals surface area contributed by atoms with E-state index in [4.69, 9.17) is 5.73 Å². The van der Waals surface area contributed by atoms with Crippen LogP contribution in [0.25, 0.3) is 11.0 Å². The van der Waals surface area contributed by atoms with Gasteiger partial charge >= 0.3 is 0 Å². The molecule has 1 aromatic carbocycles. The molecule has 5 nitrogen and oxygen atoms in total. The monoisotopic (exact) mass is 246 g/mol. The molecule has 0 aliphatic heterocycles. The van der Waals surface area contributed by atoms with E-state index >= 15 is 0 Å². The number of amides is 1.